The van der Waals surface area contributed by atoms with E-state index in [0.717, 1.165) is 63.1 Å². The van der Waals surface area contributed by atoms with Crippen LogP contribution in [0.2, 0.25) is 0 Å². The molecule has 1 aliphatic heterocycles. The van der Waals surface area contributed by atoms with Crippen LogP contribution in [0.1, 0.15) is 93.6 Å². The average molecular weight is 493 g/mol. The molecule has 2 aromatic rings. The molecule has 2 amide bonds. The standard InChI is InChI=1S/C28H40N6O2/c35-27(30-21-9-8-10-21)19-22(14-18-33-16-6-1-7-17-33)31-28(36)25-20-26(24-13-4-5-15-29-24)34(32-25)23-11-2-3-12-23/h4-5,13,15,20-23H,1-3,6-12,14,16-19H2,(H,30,35)(H,31,36)/t22-/m0/s1. The zero-order valence-corrected chi connectivity index (χ0v) is 21.3. The van der Waals surface area contributed by atoms with Crippen molar-refractivity contribution in [2.45, 2.75) is 95.2 Å². The first-order valence-electron chi connectivity index (χ1n) is 14.0. The maximum absolute atomic E-state index is 13.4. The highest BCUT2D eigenvalue weighted by Crippen LogP contribution is 2.33. The Balaban J connectivity index is 1.30. The molecule has 1 saturated heterocycles. The number of carbonyl (C=O) groups excluding carboxylic acids is 2. The highest BCUT2D eigenvalue weighted by atomic mass is 16.2. The Morgan fingerprint density at radius 1 is 1.00 bits per heavy atom. The molecule has 194 valence electrons. The molecule has 0 spiro atoms. The van der Waals surface area contributed by atoms with Crippen molar-refractivity contribution < 1.29 is 9.59 Å². The maximum Gasteiger partial charge on any atom is 0.272 e. The lowest BCUT2D eigenvalue weighted by atomic mass is 9.93. The Hall–Kier alpha value is -2.74. The van der Waals surface area contributed by atoms with Crippen molar-refractivity contribution in [3.63, 3.8) is 0 Å². The zero-order chi connectivity index (χ0) is 24.7. The third kappa shape index (κ3) is 6.33. The van der Waals surface area contributed by atoms with Crippen molar-refractivity contribution in [2.75, 3.05) is 19.6 Å². The summed E-state index contributed by atoms with van der Waals surface area (Å²) < 4.78 is 2.01. The second kappa shape index (κ2) is 12.0. The fraction of sp³-hybridized carbons (Fsp3) is 0.643. The maximum atomic E-state index is 13.4. The molecule has 8 nitrogen and oxygen atoms in total. The van der Waals surface area contributed by atoms with E-state index in [-0.39, 0.29) is 17.9 Å². The largest absolute Gasteiger partial charge is 0.353 e. The summed E-state index contributed by atoms with van der Waals surface area (Å²) in [6.07, 6.45) is 14.4. The molecule has 3 aliphatic rings. The fourth-order valence-electron chi connectivity index (χ4n) is 5.71. The lowest BCUT2D eigenvalue weighted by Gasteiger charge is -2.29. The number of rotatable bonds is 10. The smallest absolute Gasteiger partial charge is 0.272 e. The van der Waals surface area contributed by atoms with Crippen LogP contribution >= 0.6 is 0 Å². The first-order chi connectivity index (χ1) is 17.7. The van der Waals surface area contributed by atoms with E-state index in [1.807, 2.05) is 28.9 Å². The summed E-state index contributed by atoms with van der Waals surface area (Å²) in [4.78, 5) is 33.2. The van der Waals surface area contributed by atoms with Gasteiger partial charge >= 0.3 is 0 Å². The van der Waals surface area contributed by atoms with Crippen LogP contribution in [0, 0.1) is 0 Å². The number of hydrogen-bond acceptors (Lipinski definition) is 5. The summed E-state index contributed by atoms with van der Waals surface area (Å²) >= 11 is 0. The monoisotopic (exact) mass is 492 g/mol. The first kappa shape index (κ1) is 24.9. The molecule has 0 aromatic carbocycles. The number of amides is 2. The number of pyridine rings is 1. The normalized spacial score (nSPS) is 20.1. The van der Waals surface area contributed by atoms with Crippen molar-refractivity contribution in [2.24, 2.45) is 0 Å². The van der Waals surface area contributed by atoms with Crippen LogP contribution in [0.4, 0.5) is 0 Å². The summed E-state index contributed by atoms with van der Waals surface area (Å²) in [6.45, 7) is 3.11. The third-order valence-electron chi connectivity index (χ3n) is 8.05. The minimum absolute atomic E-state index is 0.0364. The van der Waals surface area contributed by atoms with Crippen molar-refractivity contribution >= 4 is 11.8 Å². The summed E-state index contributed by atoms with van der Waals surface area (Å²) in [5.74, 6) is -0.168. The molecule has 0 radical (unpaired) electrons. The Labute approximate surface area is 214 Å². The van der Waals surface area contributed by atoms with Gasteiger partial charge in [-0.25, -0.2) is 0 Å². The van der Waals surface area contributed by atoms with Gasteiger partial charge in [0.1, 0.15) is 0 Å². The van der Waals surface area contributed by atoms with Crippen LogP contribution < -0.4 is 10.6 Å². The predicted molar refractivity (Wildman–Crippen MR) is 140 cm³/mol. The summed E-state index contributed by atoms with van der Waals surface area (Å²) in [5.41, 5.74) is 2.13. The van der Waals surface area contributed by atoms with Crippen LogP contribution in [0.5, 0.6) is 0 Å². The van der Waals surface area contributed by atoms with E-state index in [4.69, 9.17) is 5.10 Å². The molecular weight excluding hydrogens is 452 g/mol. The number of carbonyl (C=O) groups is 2. The van der Waals surface area contributed by atoms with E-state index in [1.54, 1.807) is 6.20 Å². The molecule has 3 fully saturated rings. The Morgan fingerprint density at radius 2 is 1.81 bits per heavy atom. The molecule has 5 rings (SSSR count). The number of hydrogen-bond donors (Lipinski definition) is 2. The third-order valence-corrected chi connectivity index (χ3v) is 8.05. The molecule has 2 saturated carbocycles. The molecule has 0 unspecified atom stereocenters. The van der Waals surface area contributed by atoms with E-state index in [2.05, 4.69) is 20.5 Å². The van der Waals surface area contributed by atoms with Gasteiger partial charge in [0.05, 0.1) is 17.4 Å². The summed E-state index contributed by atoms with van der Waals surface area (Å²) in [6, 6.07) is 8.09. The first-order valence-corrected chi connectivity index (χ1v) is 14.0. The lowest BCUT2D eigenvalue weighted by molar-refractivity contribution is -0.122. The van der Waals surface area contributed by atoms with Crippen LogP contribution in [0.3, 0.4) is 0 Å². The van der Waals surface area contributed by atoms with Crippen LogP contribution in [0.15, 0.2) is 30.5 Å². The molecule has 0 bridgehead atoms. The van der Waals surface area contributed by atoms with E-state index in [9.17, 15) is 9.59 Å². The Morgan fingerprint density at radius 3 is 2.50 bits per heavy atom. The van der Waals surface area contributed by atoms with Gasteiger partial charge in [-0.15, -0.1) is 0 Å². The highest BCUT2D eigenvalue weighted by Gasteiger charge is 2.27. The number of aromatic nitrogens is 3. The molecule has 1 atom stereocenters. The predicted octanol–water partition coefficient (Wildman–Crippen LogP) is 4.09. The molecule has 3 heterocycles. The summed E-state index contributed by atoms with van der Waals surface area (Å²) in [5, 5.41) is 11.1. The minimum atomic E-state index is -0.213. The Bertz CT molecular complexity index is 1010. The fourth-order valence-corrected chi connectivity index (χ4v) is 5.71. The van der Waals surface area contributed by atoms with Gasteiger partial charge in [-0.1, -0.05) is 25.3 Å². The Kier molecular flexibility index (Phi) is 8.31. The number of likely N-dealkylation sites (tertiary alicyclic amines) is 1. The molecular formula is C28H40N6O2. The van der Waals surface area contributed by atoms with Gasteiger partial charge in [-0.3, -0.25) is 19.3 Å². The highest BCUT2D eigenvalue weighted by molar-refractivity contribution is 5.94. The van der Waals surface area contributed by atoms with E-state index >= 15 is 0 Å². The van der Waals surface area contributed by atoms with Crippen LogP contribution in [0.25, 0.3) is 11.4 Å². The number of nitrogens with zero attached hydrogens (tertiary/aromatic N) is 4. The van der Waals surface area contributed by atoms with E-state index < -0.39 is 0 Å². The zero-order valence-electron chi connectivity index (χ0n) is 21.3. The van der Waals surface area contributed by atoms with Gasteiger partial charge in [0.2, 0.25) is 5.91 Å². The van der Waals surface area contributed by atoms with E-state index in [0.29, 0.717) is 24.2 Å². The van der Waals surface area contributed by atoms with Crippen molar-refractivity contribution in [3.8, 4) is 11.4 Å². The van der Waals surface area contributed by atoms with Gasteiger partial charge in [0, 0.05) is 31.2 Å². The van der Waals surface area contributed by atoms with Crippen molar-refractivity contribution in [1.82, 2.24) is 30.3 Å². The second-order valence-corrected chi connectivity index (χ2v) is 10.8. The average Bonchev–Trinajstić information content (AvgIpc) is 3.56. The molecule has 2 aliphatic carbocycles. The van der Waals surface area contributed by atoms with Gasteiger partial charge in [-0.2, -0.15) is 5.10 Å². The minimum Gasteiger partial charge on any atom is -0.353 e. The molecule has 36 heavy (non-hydrogen) atoms. The quantitative estimate of drug-likeness (QED) is 0.521. The molecule has 2 N–H and O–H groups in total. The number of piperidine rings is 1. The lowest BCUT2D eigenvalue weighted by Crippen LogP contribution is -2.45. The molecule has 2 aromatic heterocycles. The van der Waals surface area contributed by atoms with E-state index in [1.165, 1.54) is 38.5 Å². The number of nitrogens with one attached hydrogen (secondary N) is 2. The van der Waals surface area contributed by atoms with Crippen molar-refractivity contribution in [3.05, 3.63) is 36.2 Å². The van der Waals surface area contributed by atoms with Gasteiger partial charge < -0.3 is 15.5 Å². The molecule has 8 heteroatoms. The SMILES string of the molecule is O=C(C[C@H](CCN1CCCCC1)NC(=O)c1cc(-c2ccccn2)n(C2CCCC2)n1)NC1CCC1. The van der Waals surface area contributed by atoms with Gasteiger partial charge in [0.25, 0.3) is 5.91 Å². The van der Waals surface area contributed by atoms with Gasteiger partial charge in [0.15, 0.2) is 5.69 Å². The van der Waals surface area contributed by atoms with Crippen molar-refractivity contribution in [1.29, 1.82) is 0 Å². The summed E-state index contributed by atoms with van der Waals surface area (Å²) in [7, 11) is 0. The second-order valence-electron chi connectivity index (χ2n) is 10.8. The van der Waals surface area contributed by atoms with Crippen LogP contribution in [-0.2, 0) is 4.79 Å². The van der Waals surface area contributed by atoms with Crippen LogP contribution in [-0.4, -0.2) is 63.2 Å². The topological polar surface area (TPSA) is 92.2 Å². The van der Waals surface area contributed by atoms with Gasteiger partial charge in [-0.05, 0) is 82.7 Å².